The van der Waals surface area contributed by atoms with E-state index in [0.29, 0.717) is 32.9 Å². The van der Waals surface area contributed by atoms with Gasteiger partial charge in [0, 0.05) is 5.56 Å². The Balaban J connectivity index is 1.63. The van der Waals surface area contributed by atoms with Gasteiger partial charge in [0.25, 0.3) is 0 Å². The van der Waals surface area contributed by atoms with Crippen molar-refractivity contribution in [2.45, 2.75) is 13.2 Å². The van der Waals surface area contributed by atoms with Crippen LogP contribution < -0.4 is 20.2 Å². The molecule has 0 fully saturated rings. The van der Waals surface area contributed by atoms with E-state index in [2.05, 4.69) is 15.8 Å². The summed E-state index contributed by atoms with van der Waals surface area (Å²) in [7, 11) is 1.51. The van der Waals surface area contributed by atoms with Gasteiger partial charge in [0.15, 0.2) is 11.5 Å². The van der Waals surface area contributed by atoms with Gasteiger partial charge in [-0.3, -0.25) is 9.59 Å². The average Bonchev–Trinajstić information content (AvgIpc) is 3.32. The molecule has 0 aliphatic heterocycles. The number of furan rings is 1. The lowest BCUT2D eigenvalue weighted by Crippen LogP contribution is -2.37. The highest BCUT2D eigenvalue weighted by atomic mass is 35.5. The molecule has 0 bridgehead atoms. The molecular formula is C22H19Cl2N3O5. The quantitative estimate of drug-likeness (QED) is 0.291. The Hall–Kier alpha value is -3.49. The smallest absolute Gasteiger partial charge is 0.329 e. The molecule has 3 rings (SSSR count). The lowest BCUT2D eigenvalue weighted by Gasteiger charge is -2.13. The van der Waals surface area contributed by atoms with Crippen molar-refractivity contribution in [2.75, 3.05) is 7.11 Å². The summed E-state index contributed by atoms with van der Waals surface area (Å²) in [5.74, 6) is -0.373. The lowest BCUT2D eigenvalue weighted by atomic mass is 10.2. The molecule has 0 radical (unpaired) electrons. The zero-order valence-corrected chi connectivity index (χ0v) is 18.4. The predicted molar refractivity (Wildman–Crippen MR) is 120 cm³/mol. The monoisotopic (exact) mass is 475 g/mol. The number of rotatable bonds is 8. The van der Waals surface area contributed by atoms with E-state index in [4.69, 9.17) is 37.1 Å². The van der Waals surface area contributed by atoms with E-state index < -0.39 is 11.8 Å². The number of hydrogen-bond donors (Lipinski definition) is 2. The second kappa shape index (κ2) is 11.2. The number of amides is 2. The molecule has 2 aromatic carbocycles. The van der Waals surface area contributed by atoms with Crippen molar-refractivity contribution < 1.29 is 23.5 Å². The van der Waals surface area contributed by atoms with E-state index in [1.54, 1.807) is 48.5 Å². The van der Waals surface area contributed by atoms with Crippen molar-refractivity contribution in [3.05, 3.63) is 81.7 Å². The standard InChI is InChI=1S/C22H19Cl2N3O5/c1-30-19-6-2-4-15(20(19)32-13-14-7-8-17(23)18(24)10-14)11-26-27-22(29)21(28)25-12-16-5-3-9-31-16/h2-11H,12-13H2,1H3,(H,25,28)(H,27,29)/b26-11-. The van der Waals surface area contributed by atoms with Crippen LogP contribution in [0.4, 0.5) is 0 Å². The molecule has 0 unspecified atom stereocenters. The van der Waals surface area contributed by atoms with Crippen molar-refractivity contribution >= 4 is 41.2 Å². The first-order valence-electron chi connectivity index (χ1n) is 9.35. The van der Waals surface area contributed by atoms with Crippen molar-refractivity contribution in [3.8, 4) is 11.5 Å². The Morgan fingerprint density at radius 2 is 1.94 bits per heavy atom. The zero-order chi connectivity index (χ0) is 22.9. The molecule has 2 amide bonds. The second-order valence-corrected chi connectivity index (χ2v) is 7.19. The van der Waals surface area contributed by atoms with Crippen LogP contribution in [0.2, 0.25) is 10.0 Å². The largest absolute Gasteiger partial charge is 0.493 e. The zero-order valence-electron chi connectivity index (χ0n) is 16.9. The summed E-state index contributed by atoms with van der Waals surface area (Å²) in [6.07, 6.45) is 2.82. The molecule has 0 atom stereocenters. The summed E-state index contributed by atoms with van der Waals surface area (Å²) in [5.41, 5.74) is 3.50. The van der Waals surface area contributed by atoms with E-state index in [0.717, 1.165) is 5.56 Å². The molecule has 0 aliphatic rings. The van der Waals surface area contributed by atoms with Crippen LogP contribution in [-0.4, -0.2) is 25.1 Å². The third-order valence-corrected chi connectivity index (χ3v) is 4.91. The molecule has 0 aliphatic carbocycles. The number of ether oxygens (including phenoxy) is 2. The number of methoxy groups -OCH3 is 1. The van der Waals surface area contributed by atoms with Crippen molar-refractivity contribution in [1.29, 1.82) is 0 Å². The van der Waals surface area contributed by atoms with Gasteiger partial charge in [-0.1, -0.05) is 35.3 Å². The Labute approximate surface area is 194 Å². The maximum absolute atomic E-state index is 11.9. The van der Waals surface area contributed by atoms with Crippen LogP contribution in [0.25, 0.3) is 0 Å². The highest BCUT2D eigenvalue weighted by Gasteiger charge is 2.14. The Morgan fingerprint density at radius 3 is 2.66 bits per heavy atom. The van der Waals surface area contributed by atoms with Crippen molar-refractivity contribution in [2.24, 2.45) is 5.10 Å². The van der Waals surface area contributed by atoms with Gasteiger partial charge < -0.3 is 19.2 Å². The minimum atomic E-state index is -0.922. The Bertz CT molecular complexity index is 1120. The third kappa shape index (κ3) is 6.26. The highest BCUT2D eigenvalue weighted by Crippen LogP contribution is 2.31. The van der Waals surface area contributed by atoms with Gasteiger partial charge in [-0.05, 0) is 42.0 Å². The fraction of sp³-hybridized carbons (Fsp3) is 0.136. The SMILES string of the molecule is COc1cccc(/C=N\NC(=O)C(=O)NCc2ccco2)c1OCc1ccc(Cl)c(Cl)c1. The Kier molecular flexibility index (Phi) is 8.13. The molecule has 166 valence electrons. The maximum atomic E-state index is 11.9. The van der Waals surface area contributed by atoms with Crippen LogP contribution in [0.5, 0.6) is 11.5 Å². The van der Waals surface area contributed by atoms with Crippen LogP contribution in [0, 0.1) is 0 Å². The van der Waals surface area contributed by atoms with E-state index in [1.165, 1.54) is 19.6 Å². The van der Waals surface area contributed by atoms with Crippen molar-refractivity contribution in [1.82, 2.24) is 10.7 Å². The van der Waals surface area contributed by atoms with Crippen LogP contribution in [0.15, 0.2) is 64.3 Å². The number of carbonyl (C=O) groups is 2. The summed E-state index contributed by atoms with van der Waals surface area (Å²) in [5, 5.41) is 7.14. The van der Waals surface area contributed by atoms with Gasteiger partial charge >= 0.3 is 11.8 Å². The number of nitrogens with zero attached hydrogens (tertiary/aromatic N) is 1. The molecule has 0 saturated carbocycles. The molecule has 1 heterocycles. The molecule has 32 heavy (non-hydrogen) atoms. The van der Waals surface area contributed by atoms with E-state index in [1.807, 2.05) is 0 Å². The number of hydrazone groups is 1. The fourth-order valence-electron chi connectivity index (χ4n) is 2.61. The van der Waals surface area contributed by atoms with Crippen LogP contribution in [0.3, 0.4) is 0 Å². The van der Waals surface area contributed by atoms with Gasteiger partial charge in [-0.15, -0.1) is 0 Å². The minimum Gasteiger partial charge on any atom is -0.493 e. The molecule has 1 aromatic heterocycles. The molecule has 0 spiro atoms. The van der Waals surface area contributed by atoms with E-state index >= 15 is 0 Å². The first-order chi connectivity index (χ1) is 15.5. The van der Waals surface area contributed by atoms with Crippen LogP contribution in [-0.2, 0) is 22.7 Å². The number of halogens is 2. The van der Waals surface area contributed by atoms with Gasteiger partial charge in [0.1, 0.15) is 12.4 Å². The van der Waals surface area contributed by atoms with Gasteiger partial charge in [0.2, 0.25) is 0 Å². The second-order valence-electron chi connectivity index (χ2n) is 6.38. The lowest BCUT2D eigenvalue weighted by molar-refractivity contribution is -0.139. The van der Waals surface area contributed by atoms with E-state index in [9.17, 15) is 9.59 Å². The summed E-state index contributed by atoms with van der Waals surface area (Å²) < 4.78 is 16.3. The molecule has 10 heteroatoms. The molecule has 8 nitrogen and oxygen atoms in total. The van der Waals surface area contributed by atoms with Gasteiger partial charge in [0.05, 0.1) is 36.2 Å². The van der Waals surface area contributed by atoms with Crippen LogP contribution >= 0.6 is 23.2 Å². The third-order valence-electron chi connectivity index (χ3n) is 4.18. The number of benzene rings is 2. The minimum absolute atomic E-state index is 0.0888. The first-order valence-corrected chi connectivity index (χ1v) is 10.1. The van der Waals surface area contributed by atoms with Gasteiger partial charge in [-0.2, -0.15) is 5.10 Å². The normalized spacial score (nSPS) is 10.7. The molecule has 0 saturated heterocycles. The first kappa shape index (κ1) is 23.2. The predicted octanol–water partition coefficient (Wildman–Crippen LogP) is 3.94. The summed E-state index contributed by atoms with van der Waals surface area (Å²) in [6, 6.07) is 13.7. The summed E-state index contributed by atoms with van der Waals surface area (Å²) in [4.78, 5) is 23.8. The number of nitrogens with one attached hydrogen (secondary N) is 2. The number of carbonyl (C=O) groups excluding carboxylic acids is 2. The van der Waals surface area contributed by atoms with Gasteiger partial charge in [-0.25, -0.2) is 5.43 Å². The summed E-state index contributed by atoms with van der Waals surface area (Å²) in [6.45, 7) is 0.283. The summed E-state index contributed by atoms with van der Waals surface area (Å²) >= 11 is 12.0. The topological polar surface area (TPSA) is 102 Å². The Morgan fingerprint density at radius 1 is 1.09 bits per heavy atom. The molecular weight excluding hydrogens is 457 g/mol. The molecule has 3 aromatic rings. The number of para-hydroxylation sites is 1. The number of hydrogen-bond acceptors (Lipinski definition) is 6. The fourth-order valence-corrected chi connectivity index (χ4v) is 2.93. The van der Waals surface area contributed by atoms with Crippen molar-refractivity contribution in [3.63, 3.8) is 0 Å². The molecule has 2 N–H and O–H groups in total. The maximum Gasteiger partial charge on any atom is 0.329 e. The van der Waals surface area contributed by atoms with E-state index in [-0.39, 0.29) is 13.2 Å². The van der Waals surface area contributed by atoms with Crippen LogP contribution in [0.1, 0.15) is 16.9 Å². The average molecular weight is 476 g/mol. The highest BCUT2D eigenvalue weighted by molar-refractivity contribution is 6.42.